The molecule has 0 aliphatic rings. The Labute approximate surface area is 110 Å². The molecule has 0 heterocycles. The minimum absolute atomic E-state index is 0.132. The summed E-state index contributed by atoms with van der Waals surface area (Å²) in [5.41, 5.74) is 2.72. The third-order valence-electron chi connectivity index (χ3n) is 3.10. The van der Waals surface area contributed by atoms with Crippen molar-refractivity contribution < 1.29 is 4.39 Å². The van der Waals surface area contributed by atoms with E-state index in [4.69, 9.17) is 0 Å². The van der Waals surface area contributed by atoms with Crippen molar-refractivity contribution in [2.45, 2.75) is 26.8 Å². The predicted molar refractivity (Wildman–Crippen MR) is 76.7 cm³/mol. The van der Waals surface area contributed by atoms with Gasteiger partial charge in [-0.2, -0.15) is 0 Å². The normalized spacial score (nSPS) is 12.3. The molecule has 0 bridgehead atoms. The highest BCUT2D eigenvalue weighted by atomic mass is 19.1. The SMILES string of the molecule is C=CCN(C)c1cc(C)c(F)cc1C(C)NCC. The Morgan fingerprint density at radius 3 is 2.72 bits per heavy atom. The van der Waals surface area contributed by atoms with Gasteiger partial charge < -0.3 is 10.2 Å². The maximum Gasteiger partial charge on any atom is 0.126 e. The molecule has 0 aliphatic carbocycles. The van der Waals surface area contributed by atoms with E-state index in [-0.39, 0.29) is 11.9 Å². The van der Waals surface area contributed by atoms with E-state index in [1.165, 1.54) is 0 Å². The molecule has 0 saturated carbocycles. The number of halogens is 1. The molecule has 1 unspecified atom stereocenters. The van der Waals surface area contributed by atoms with Crippen molar-refractivity contribution in [3.63, 3.8) is 0 Å². The van der Waals surface area contributed by atoms with Gasteiger partial charge in [0, 0.05) is 25.3 Å². The van der Waals surface area contributed by atoms with E-state index in [1.807, 2.05) is 26.1 Å². The summed E-state index contributed by atoms with van der Waals surface area (Å²) in [7, 11) is 2.00. The standard InChI is InChI=1S/C15H23FN2/c1-6-8-18(5)15-9-11(3)14(16)10-13(15)12(4)17-7-2/h6,9-10,12,17H,1,7-8H2,2-5H3. The van der Waals surface area contributed by atoms with E-state index in [0.717, 1.165) is 24.3 Å². The van der Waals surface area contributed by atoms with Crippen LogP contribution >= 0.6 is 0 Å². The van der Waals surface area contributed by atoms with Crippen molar-refractivity contribution in [3.8, 4) is 0 Å². The summed E-state index contributed by atoms with van der Waals surface area (Å²) in [6, 6.07) is 3.67. The van der Waals surface area contributed by atoms with Crippen LogP contribution in [-0.2, 0) is 0 Å². The second kappa shape index (κ2) is 6.55. The van der Waals surface area contributed by atoms with Crippen LogP contribution < -0.4 is 10.2 Å². The van der Waals surface area contributed by atoms with Gasteiger partial charge in [0.1, 0.15) is 5.82 Å². The molecule has 0 spiro atoms. The molecule has 1 aromatic rings. The molecule has 100 valence electrons. The molecule has 0 amide bonds. The average Bonchev–Trinajstić information content (AvgIpc) is 2.32. The maximum absolute atomic E-state index is 13.7. The van der Waals surface area contributed by atoms with E-state index < -0.39 is 0 Å². The number of anilines is 1. The van der Waals surface area contributed by atoms with Crippen molar-refractivity contribution in [2.24, 2.45) is 0 Å². The van der Waals surface area contributed by atoms with Crippen molar-refractivity contribution in [2.75, 3.05) is 25.0 Å². The predicted octanol–water partition coefficient (Wildman–Crippen LogP) is 3.43. The number of hydrogen-bond donors (Lipinski definition) is 1. The number of likely N-dealkylation sites (N-methyl/N-ethyl adjacent to an activating group) is 1. The maximum atomic E-state index is 13.7. The summed E-state index contributed by atoms with van der Waals surface area (Å²) in [4.78, 5) is 2.09. The highest BCUT2D eigenvalue weighted by molar-refractivity contribution is 5.57. The second-order valence-corrected chi connectivity index (χ2v) is 4.61. The van der Waals surface area contributed by atoms with Gasteiger partial charge in [-0.3, -0.25) is 0 Å². The van der Waals surface area contributed by atoms with E-state index in [1.54, 1.807) is 13.0 Å². The molecule has 2 nitrogen and oxygen atoms in total. The number of nitrogens with zero attached hydrogens (tertiary/aromatic N) is 1. The number of benzene rings is 1. The minimum Gasteiger partial charge on any atom is -0.371 e. The van der Waals surface area contributed by atoms with E-state index in [9.17, 15) is 4.39 Å². The van der Waals surface area contributed by atoms with Crippen LogP contribution in [0.2, 0.25) is 0 Å². The fraction of sp³-hybridized carbons (Fsp3) is 0.467. The van der Waals surface area contributed by atoms with Gasteiger partial charge in [-0.15, -0.1) is 6.58 Å². The molecule has 0 aliphatic heterocycles. The van der Waals surface area contributed by atoms with Crippen molar-refractivity contribution in [3.05, 3.63) is 41.7 Å². The summed E-state index contributed by atoms with van der Waals surface area (Å²) in [6.07, 6.45) is 1.85. The molecule has 1 aromatic carbocycles. The van der Waals surface area contributed by atoms with Crippen molar-refractivity contribution in [1.29, 1.82) is 0 Å². The monoisotopic (exact) mass is 250 g/mol. The Bertz CT molecular complexity index is 415. The lowest BCUT2D eigenvalue weighted by Crippen LogP contribution is -2.24. The highest BCUT2D eigenvalue weighted by Gasteiger charge is 2.15. The van der Waals surface area contributed by atoms with Crippen LogP contribution in [0, 0.1) is 12.7 Å². The zero-order chi connectivity index (χ0) is 13.7. The van der Waals surface area contributed by atoms with Gasteiger partial charge in [-0.05, 0) is 43.7 Å². The van der Waals surface area contributed by atoms with Crippen LogP contribution in [-0.4, -0.2) is 20.1 Å². The zero-order valence-corrected chi connectivity index (χ0v) is 11.8. The lowest BCUT2D eigenvalue weighted by atomic mass is 10.0. The third-order valence-corrected chi connectivity index (χ3v) is 3.10. The molecular weight excluding hydrogens is 227 g/mol. The Kier molecular flexibility index (Phi) is 5.35. The Morgan fingerprint density at radius 1 is 1.50 bits per heavy atom. The Hall–Kier alpha value is -1.35. The molecule has 1 atom stereocenters. The molecule has 18 heavy (non-hydrogen) atoms. The van der Waals surface area contributed by atoms with Crippen LogP contribution in [0.15, 0.2) is 24.8 Å². The zero-order valence-electron chi connectivity index (χ0n) is 11.8. The van der Waals surface area contributed by atoms with E-state index in [0.29, 0.717) is 5.56 Å². The first-order valence-corrected chi connectivity index (χ1v) is 6.36. The van der Waals surface area contributed by atoms with Gasteiger partial charge >= 0.3 is 0 Å². The molecule has 3 heteroatoms. The van der Waals surface area contributed by atoms with Crippen LogP contribution in [0.5, 0.6) is 0 Å². The quantitative estimate of drug-likeness (QED) is 0.778. The lowest BCUT2D eigenvalue weighted by molar-refractivity contribution is 0.579. The van der Waals surface area contributed by atoms with Gasteiger partial charge in [0.15, 0.2) is 0 Å². The number of hydrogen-bond acceptors (Lipinski definition) is 2. The number of aryl methyl sites for hydroxylation is 1. The second-order valence-electron chi connectivity index (χ2n) is 4.61. The summed E-state index contributed by atoms with van der Waals surface area (Å²) < 4.78 is 13.7. The van der Waals surface area contributed by atoms with E-state index in [2.05, 4.69) is 23.7 Å². The van der Waals surface area contributed by atoms with Gasteiger partial charge in [0.25, 0.3) is 0 Å². The summed E-state index contributed by atoms with van der Waals surface area (Å²) >= 11 is 0. The van der Waals surface area contributed by atoms with E-state index >= 15 is 0 Å². The molecule has 1 rings (SSSR count). The Morgan fingerprint density at radius 2 is 2.17 bits per heavy atom. The van der Waals surface area contributed by atoms with Gasteiger partial charge in [0.05, 0.1) is 0 Å². The summed E-state index contributed by atoms with van der Waals surface area (Å²) in [6.45, 7) is 11.3. The first-order chi connectivity index (χ1) is 8.51. The fourth-order valence-corrected chi connectivity index (χ4v) is 2.07. The smallest absolute Gasteiger partial charge is 0.126 e. The molecule has 0 saturated heterocycles. The molecule has 0 fully saturated rings. The first kappa shape index (κ1) is 14.7. The number of rotatable bonds is 6. The van der Waals surface area contributed by atoms with Crippen LogP contribution in [0.4, 0.5) is 10.1 Å². The van der Waals surface area contributed by atoms with Crippen LogP contribution in [0.1, 0.15) is 31.0 Å². The van der Waals surface area contributed by atoms with Gasteiger partial charge in [-0.25, -0.2) is 4.39 Å². The van der Waals surface area contributed by atoms with Crippen molar-refractivity contribution in [1.82, 2.24) is 5.32 Å². The van der Waals surface area contributed by atoms with Crippen LogP contribution in [0.3, 0.4) is 0 Å². The molecule has 0 aromatic heterocycles. The first-order valence-electron chi connectivity index (χ1n) is 6.36. The minimum atomic E-state index is -0.148. The van der Waals surface area contributed by atoms with Crippen LogP contribution in [0.25, 0.3) is 0 Å². The molecule has 0 radical (unpaired) electrons. The topological polar surface area (TPSA) is 15.3 Å². The summed E-state index contributed by atoms with van der Waals surface area (Å²) in [5, 5.41) is 3.33. The summed E-state index contributed by atoms with van der Waals surface area (Å²) in [5.74, 6) is -0.148. The highest BCUT2D eigenvalue weighted by Crippen LogP contribution is 2.28. The molecule has 1 N–H and O–H groups in total. The third kappa shape index (κ3) is 3.33. The molecular formula is C15H23FN2. The van der Waals surface area contributed by atoms with Gasteiger partial charge in [-0.1, -0.05) is 13.0 Å². The Balaban J connectivity index is 3.19. The number of nitrogens with one attached hydrogen (secondary N) is 1. The lowest BCUT2D eigenvalue weighted by Gasteiger charge is -2.25. The van der Waals surface area contributed by atoms with Crippen molar-refractivity contribution >= 4 is 5.69 Å². The largest absolute Gasteiger partial charge is 0.371 e. The van der Waals surface area contributed by atoms with Gasteiger partial charge in [0.2, 0.25) is 0 Å². The average molecular weight is 250 g/mol. The fourth-order valence-electron chi connectivity index (χ4n) is 2.07.